The molecule has 0 saturated carbocycles. The van der Waals surface area contributed by atoms with E-state index in [1.54, 1.807) is 6.08 Å². The molecule has 0 unspecified atom stereocenters. The summed E-state index contributed by atoms with van der Waals surface area (Å²) in [6.45, 7) is 7.59. The topological polar surface area (TPSA) is 0 Å². The summed E-state index contributed by atoms with van der Waals surface area (Å²) in [6.07, 6.45) is 10.6. The molecule has 11 heavy (non-hydrogen) atoms. The normalized spacial score (nSPS) is 8.91. The second-order valence-electron chi connectivity index (χ2n) is 1.35. The standard InChI is InChI=1S/C8H7I.C2H6/c1-3-8(2)6-4-5-7-9;1-2/h1,4-7H,2H2;1-2H3/b6-4-,7-5-;. The third-order valence-electron chi connectivity index (χ3n) is 0.667. The Kier molecular flexibility index (Phi) is 14.6. The van der Waals surface area contributed by atoms with Crippen molar-refractivity contribution < 1.29 is 0 Å². The van der Waals surface area contributed by atoms with Gasteiger partial charge in [-0.15, -0.1) is 6.42 Å². The van der Waals surface area contributed by atoms with Crippen LogP contribution >= 0.6 is 22.6 Å². The van der Waals surface area contributed by atoms with Gasteiger partial charge in [-0.1, -0.05) is 61.1 Å². The summed E-state index contributed by atoms with van der Waals surface area (Å²) >= 11 is 2.13. The van der Waals surface area contributed by atoms with E-state index in [1.165, 1.54) is 0 Å². The van der Waals surface area contributed by atoms with Crippen LogP contribution in [-0.4, -0.2) is 0 Å². The summed E-state index contributed by atoms with van der Waals surface area (Å²) in [5.41, 5.74) is 0.699. The van der Waals surface area contributed by atoms with Gasteiger partial charge in [0.05, 0.1) is 0 Å². The predicted molar refractivity (Wildman–Crippen MR) is 61.6 cm³/mol. The van der Waals surface area contributed by atoms with E-state index in [0.717, 1.165) is 0 Å². The number of hydrogen-bond donors (Lipinski definition) is 0. The summed E-state index contributed by atoms with van der Waals surface area (Å²) in [5.74, 6) is 2.41. The molecule has 0 saturated heterocycles. The molecule has 0 radical (unpaired) electrons. The molecule has 1 heteroatoms. The van der Waals surface area contributed by atoms with Crippen molar-refractivity contribution in [2.24, 2.45) is 0 Å². The zero-order valence-corrected chi connectivity index (χ0v) is 9.13. The maximum absolute atomic E-state index is 5.03. The number of hydrogen-bond acceptors (Lipinski definition) is 0. The highest BCUT2D eigenvalue weighted by Crippen LogP contribution is 1.91. The Morgan fingerprint density at radius 3 is 2.36 bits per heavy atom. The second kappa shape index (κ2) is 12.2. The zero-order chi connectivity index (χ0) is 9.11. The molecule has 0 aromatic rings. The minimum atomic E-state index is 0.699. The summed E-state index contributed by atoms with van der Waals surface area (Å²) < 4.78 is 1.90. The highest BCUT2D eigenvalue weighted by atomic mass is 127. The molecule has 0 amide bonds. The number of terminal acetylenes is 1. The number of rotatable bonds is 2. The van der Waals surface area contributed by atoms with Crippen molar-refractivity contribution in [1.29, 1.82) is 0 Å². The Bertz CT molecular complexity index is 180. The first kappa shape index (κ1) is 13.1. The Balaban J connectivity index is 0. The quantitative estimate of drug-likeness (QED) is 0.403. The van der Waals surface area contributed by atoms with Crippen molar-refractivity contribution in [1.82, 2.24) is 0 Å². The van der Waals surface area contributed by atoms with Gasteiger partial charge in [-0.25, -0.2) is 0 Å². The average molecular weight is 260 g/mol. The van der Waals surface area contributed by atoms with Crippen LogP contribution in [0.5, 0.6) is 0 Å². The monoisotopic (exact) mass is 260 g/mol. The molecule has 0 aromatic carbocycles. The molecule has 0 aliphatic heterocycles. The molecule has 0 aliphatic rings. The minimum Gasteiger partial charge on any atom is -0.115 e. The molecule has 0 atom stereocenters. The van der Waals surface area contributed by atoms with Crippen LogP contribution in [0, 0.1) is 12.3 Å². The highest BCUT2D eigenvalue weighted by molar-refractivity contribution is 14.1. The van der Waals surface area contributed by atoms with Gasteiger partial charge in [0, 0.05) is 5.57 Å². The lowest BCUT2D eigenvalue weighted by Gasteiger charge is -1.78. The van der Waals surface area contributed by atoms with Gasteiger partial charge in [0.2, 0.25) is 0 Å². The summed E-state index contributed by atoms with van der Waals surface area (Å²) in [7, 11) is 0. The fraction of sp³-hybridized carbons (Fsp3) is 0.200. The molecular formula is C10H13I. The minimum absolute atomic E-state index is 0.699. The maximum Gasteiger partial charge on any atom is 0.0170 e. The lowest BCUT2D eigenvalue weighted by atomic mass is 10.3. The summed E-state index contributed by atoms with van der Waals surface area (Å²) in [5, 5.41) is 0. The van der Waals surface area contributed by atoms with Gasteiger partial charge in [0.15, 0.2) is 0 Å². The Labute approximate surface area is 83.2 Å². The van der Waals surface area contributed by atoms with Gasteiger partial charge in [0.25, 0.3) is 0 Å². The van der Waals surface area contributed by atoms with Crippen LogP contribution in [0.15, 0.2) is 34.5 Å². The van der Waals surface area contributed by atoms with Crippen LogP contribution in [-0.2, 0) is 0 Å². The first-order valence-corrected chi connectivity index (χ1v) is 4.64. The smallest absolute Gasteiger partial charge is 0.0170 e. The van der Waals surface area contributed by atoms with E-state index in [-0.39, 0.29) is 0 Å². The summed E-state index contributed by atoms with van der Waals surface area (Å²) in [4.78, 5) is 0. The van der Waals surface area contributed by atoms with Gasteiger partial charge in [-0.3, -0.25) is 0 Å². The van der Waals surface area contributed by atoms with Gasteiger partial charge < -0.3 is 0 Å². The van der Waals surface area contributed by atoms with Crippen molar-refractivity contribution in [2.75, 3.05) is 0 Å². The Morgan fingerprint density at radius 1 is 1.45 bits per heavy atom. The lowest BCUT2D eigenvalue weighted by Crippen LogP contribution is -1.61. The molecule has 0 spiro atoms. The first-order chi connectivity index (χ1) is 5.31. The van der Waals surface area contributed by atoms with Gasteiger partial charge >= 0.3 is 0 Å². The van der Waals surface area contributed by atoms with Crippen LogP contribution in [0.25, 0.3) is 0 Å². The first-order valence-electron chi connectivity index (χ1n) is 3.40. The van der Waals surface area contributed by atoms with Crippen molar-refractivity contribution in [2.45, 2.75) is 13.8 Å². The highest BCUT2D eigenvalue weighted by Gasteiger charge is 1.71. The lowest BCUT2D eigenvalue weighted by molar-refractivity contribution is 1.50. The van der Waals surface area contributed by atoms with Crippen LogP contribution in [0.4, 0.5) is 0 Å². The van der Waals surface area contributed by atoms with E-state index >= 15 is 0 Å². The van der Waals surface area contributed by atoms with E-state index in [4.69, 9.17) is 6.42 Å². The van der Waals surface area contributed by atoms with E-state index in [1.807, 2.05) is 30.1 Å². The zero-order valence-electron chi connectivity index (χ0n) is 6.97. The van der Waals surface area contributed by atoms with E-state index in [9.17, 15) is 0 Å². The van der Waals surface area contributed by atoms with Crippen LogP contribution < -0.4 is 0 Å². The number of halogens is 1. The molecule has 0 N–H and O–H groups in total. The van der Waals surface area contributed by atoms with Gasteiger partial charge in [0.1, 0.15) is 0 Å². The third-order valence-corrected chi connectivity index (χ3v) is 1.08. The molecule has 0 bridgehead atoms. The largest absolute Gasteiger partial charge is 0.115 e. The van der Waals surface area contributed by atoms with Crippen molar-refractivity contribution in [3.63, 3.8) is 0 Å². The SMILES string of the molecule is C#CC(=C)/C=C\C=C/I.CC. The fourth-order valence-corrected chi connectivity index (χ4v) is 0.502. The summed E-state index contributed by atoms with van der Waals surface area (Å²) in [6, 6.07) is 0. The van der Waals surface area contributed by atoms with E-state index in [0.29, 0.717) is 5.57 Å². The van der Waals surface area contributed by atoms with Gasteiger partial charge in [-0.2, -0.15) is 0 Å². The fourth-order valence-electron chi connectivity index (χ4n) is 0.262. The van der Waals surface area contributed by atoms with Gasteiger partial charge in [-0.05, 0) is 10.2 Å². The molecule has 60 valence electrons. The molecule has 0 fully saturated rings. The molecular weight excluding hydrogens is 247 g/mol. The third kappa shape index (κ3) is 12.7. The van der Waals surface area contributed by atoms with Crippen molar-refractivity contribution in [3.8, 4) is 12.3 Å². The Hall–Kier alpha value is -0.490. The van der Waals surface area contributed by atoms with Crippen LogP contribution in [0.2, 0.25) is 0 Å². The van der Waals surface area contributed by atoms with Crippen LogP contribution in [0.3, 0.4) is 0 Å². The predicted octanol–water partition coefficient (Wildman–Crippen LogP) is 3.71. The maximum atomic E-state index is 5.03. The van der Waals surface area contributed by atoms with E-state index < -0.39 is 0 Å². The molecule has 0 aliphatic carbocycles. The molecule has 0 aromatic heterocycles. The molecule has 0 heterocycles. The van der Waals surface area contributed by atoms with Crippen molar-refractivity contribution >= 4 is 22.6 Å². The van der Waals surface area contributed by atoms with E-state index in [2.05, 4.69) is 35.1 Å². The second-order valence-corrected chi connectivity index (χ2v) is 2.07. The molecule has 0 rings (SSSR count). The average Bonchev–Trinajstić information content (AvgIpc) is 2.08. The Morgan fingerprint density at radius 2 is 2.00 bits per heavy atom. The number of allylic oxidation sites excluding steroid dienone is 4. The van der Waals surface area contributed by atoms with Crippen LogP contribution in [0.1, 0.15) is 13.8 Å². The molecule has 0 nitrogen and oxygen atoms in total. The van der Waals surface area contributed by atoms with Crippen molar-refractivity contribution in [3.05, 3.63) is 34.5 Å².